The average Bonchev–Trinajstić information content (AvgIpc) is 3.10. The van der Waals surface area contributed by atoms with Crippen LogP contribution in [-0.2, 0) is 4.74 Å². The Bertz CT molecular complexity index is 650. The second-order valence-corrected chi connectivity index (χ2v) is 7.44. The summed E-state index contributed by atoms with van der Waals surface area (Å²) in [6, 6.07) is 4.58. The van der Waals surface area contributed by atoms with Crippen LogP contribution < -0.4 is 10.1 Å². The summed E-state index contributed by atoms with van der Waals surface area (Å²) in [6.45, 7) is 9.49. The predicted molar refractivity (Wildman–Crippen MR) is 100 cm³/mol. The molecule has 2 aromatic rings. The Balaban J connectivity index is 1.73. The van der Waals surface area contributed by atoms with E-state index in [0.717, 1.165) is 26.2 Å². The van der Waals surface area contributed by atoms with Crippen LogP contribution in [0.3, 0.4) is 0 Å². The number of nitrogens with one attached hydrogen (secondary N) is 1. The maximum absolute atomic E-state index is 5.76. The number of ether oxygens (including phenoxy) is 2. The van der Waals surface area contributed by atoms with Crippen LogP contribution in [0.15, 0.2) is 29.9 Å². The van der Waals surface area contributed by atoms with Crippen LogP contribution in [0.2, 0.25) is 0 Å². The molecule has 136 valence electrons. The van der Waals surface area contributed by atoms with Crippen molar-refractivity contribution in [3.05, 3.63) is 34.8 Å². The third kappa shape index (κ3) is 4.90. The second kappa shape index (κ2) is 8.60. The Kier molecular flexibility index (Phi) is 6.23. The smallest absolute Gasteiger partial charge is 0.257 e. The molecular formula is C18H26N4O2S. The van der Waals surface area contributed by atoms with E-state index in [9.17, 15) is 0 Å². The molecule has 0 radical (unpaired) electrons. The van der Waals surface area contributed by atoms with E-state index >= 15 is 0 Å². The van der Waals surface area contributed by atoms with Crippen LogP contribution in [0.5, 0.6) is 5.88 Å². The Hall–Kier alpha value is -1.70. The molecule has 1 saturated heterocycles. The van der Waals surface area contributed by atoms with Gasteiger partial charge in [0.15, 0.2) is 5.82 Å². The fraction of sp³-hybridized carbons (Fsp3) is 0.556. The summed E-state index contributed by atoms with van der Waals surface area (Å²) in [7, 11) is 0. The van der Waals surface area contributed by atoms with Crippen molar-refractivity contribution < 1.29 is 9.47 Å². The van der Waals surface area contributed by atoms with Gasteiger partial charge in [0.1, 0.15) is 0 Å². The fourth-order valence-corrected chi connectivity index (χ4v) is 3.83. The summed E-state index contributed by atoms with van der Waals surface area (Å²) in [5.41, 5.74) is 0. The molecule has 0 aromatic carbocycles. The lowest BCUT2D eigenvalue weighted by molar-refractivity contribution is -0.0322. The zero-order chi connectivity index (χ0) is 17.6. The lowest BCUT2D eigenvalue weighted by Gasteiger charge is -2.37. The van der Waals surface area contributed by atoms with E-state index in [-0.39, 0.29) is 18.2 Å². The van der Waals surface area contributed by atoms with Crippen LogP contribution in [-0.4, -0.2) is 53.3 Å². The van der Waals surface area contributed by atoms with E-state index < -0.39 is 0 Å². The van der Waals surface area contributed by atoms with Gasteiger partial charge in [-0.1, -0.05) is 6.07 Å². The van der Waals surface area contributed by atoms with E-state index in [1.54, 1.807) is 23.7 Å². The van der Waals surface area contributed by atoms with E-state index in [1.807, 2.05) is 13.8 Å². The third-order valence-electron chi connectivity index (χ3n) is 4.06. The minimum Gasteiger partial charge on any atom is -0.472 e. The first-order valence-corrected chi connectivity index (χ1v) is 9.62. The van der Waals surface area contributed by atoms with Gasteiger partial charge in [-0.05, 0) is 32.2 Å². The Morgan fingerprint density at radius 1 is 1.40 bits per heavy atom. The molecule has 1 aliphatic rings. The number of rotatable bonds is 7. The van der Waals surface area contributed by atoms with Crippen LogP contribution in [0.25, 0.3) is 0 Å². The Morgan fingerprint density at radius 3 is 2.96 bits per heavy atom. The molecule has 6 nitrogen and oxygen atoms in total. The van der Waals surface area contributed by atoms with Crippen molar-refractivity contribution >= 4 is 17.2 Å². The first kappa shape index (κ1) is 18.1. The zero-order valence-corrected chi connectivity index (χ0v) is 15.8. The number of morpholine rings is 1. The number of thiophene rings is 1. The molecular weight excluding hydrogens is 336 g/mol. The van der Waals surface area contributed by atoms with Gasteiger partial charge in [0.05, 0.1) is 24.9 Å². The van der Waals surface area contributed by atoms with Crippen molar-refractivity contribution in [2.24, 2.45) is 0 Å². The van der Waals surface area contributed by atoms with Crippen molar-refractivity contribution in [3.8, 4) is 5.88 Å². The fourth-order valence-electron chi connectivity index (χ4n) is 2.97. The van der Waals surface area contributed by atoms with E-state index in [0.29, 0.717) is 11.7 Å². The molecule has 0 saturated carbocycles. The van der Waals surface area contributed by atoms with E-state index in [1.165, 1.54) is 4.88 Å². The summed E-state index contributed by atoms with van der Waals surface area (Å²) in [6.07, 6.45) is 3.66. The summed E-state index contributed by atoms with van der Waals surface area (Å²) < 4.78 is 11.5. The molecule has 0 bridgehead atoms. The molecule has 3 rings (SSSR count). The van der Waals surface area contributed by atoms with Gasteiger partial charge in [0.25, 0.3) is 5.88 Å². The summed E-state index contributed by atoms with van der Waals surface area (Å²) in [5.74, 6) is 1.25. The maximum Gasteiger partial charge on any atom is 0.257 e. The number of hydrogen-bond donors (Lipinski definition) is 1. The van der Waals surface area contributed by atoms with E-state index in [2.05, 4.69) is 44.6 Å². The summed E-state index contributed by atoms with van der Waals surface area (Å²) in [5, 5.41) is 5.57. The predicted octanol–water partition coefficient (Wildman–Crippen LogP) is 3.20. The Morgan fingerprint density at radius 2 is 2.24 bits per heavy atom. The molecule has 1 N–H and O–H groups in total. The first-order chi connectivity index (χ1) is 12.1. The molecule has 1 aliphatic heterocycles. The molecule has 7 heteroatoms. The Labute approximate surface area is 153 Å². The highest BCUT2D eigenvalue weighted by Crippen LogP contribution is 2.28. The van der Waals surface area contributed by atoms with Crippen molar-refractivity contribution in [1.82, 2.24) is 14.9 Å². The second-order valence-electron chi connectivity index (χ2n) is 6.47. The molecule has 3 heterocycles. The van der Waals surface area contributed by atoms with Crippen LogP contribution >= 0.6 is 11.3 Å². The number of hydrogen-bond acceptors (Lipinski definition) is 7. The first-order valence-electron chi connectivity index (χ1n) is 8.74. The van der Waals surface area contributed by atoms with Crippen LogP contribution in [0.1, 0.15) is 31.7 Å². The van der Waals surface area contributed by atoms with Gasteiger partial charge in [-0.25, -0.2) is 9.97 Å². The standard InChI is InChI=1S/C18H26N4O2S/c1-13(2)24-18-17(19-6-7-20-18)21-11-15(16-5-4-10-25-16)22-8-9-23-14(3)12-22/h4-7,10,13-15H,8-9,11-12H2,1-3H3,(H,19,21). The highest BCUT2D eigenvalue weighted by molar-refractivity contribution is 7.10. The average molecular weight is 362 g/mol. The van der Waals surface area contributed by atoms with Gasteiger partial charge in [0.2, 0.25) is 0 Å². The van der Waals surface area contributed by atoms with Crippen LogP contribution in [0, 0.1) is 0 Å². The molecule has 25 heavy (non-hydrogen) atoms. The van der Waals surface area contributed by atoms with Gasteiger partial charge < -0.3 is 14.8 Å². The van der Waals surface area contributed by atoms with Gasteiger partial charge in [-0.3, -0.25) is 4.90 Å². The maximum atomic E-state index is 5.76. The minimum absolute atomic E-state index is 0.0606. The minimum atomic E-state index is 0.0606. The van der Waals surface area contributed by atoms with Crippen molar-refractivity contribution in [3.63, 3.8) is 0 Å². The highest BCUT2D eigenvalue weighted by Gasteiger charge is 2.26. The molecule has 0 aliphatic carbocycles. The molecule has 0 amide bonds. The topological polar surface area (TPSA) is 59.5 Å². The van der Waals surface area contributed by atoms with Gasteiger partial charge in [-0.2, -0.15) is 0 Å². The number of anilines is 1. The summed E-state index contributed by atoms with van der Waals surface area (Å²) >= 11 is 1.79. The van der Waals surface area contributed by atoms with Gasteiger partial charge >= 0.3 is 0 Å². The zero-order valence-electron chi connectivity index (χ0n) is 15.0. The lowest BCUT2D eigenvalue weighted by atomic mass is 10.1. The largest absolute Gasteiger partial charge is 0.472 e. The van der Waals surface area contributed by atoms with Gasteiger partial charge in [0, 0.05) is 36.9 Å². The monoisotopic (exact) mass is 362 g/mol. The van der Waals surface area contributed by atoms with Gasteiger partial charge in [-0.15, -0.1) is 11.3 Å². The van der Waals surface area contributed by atoms with E-state index in [4.69, 9.17) is 9.47 Å². The highest BCUT2D eigenvalue weighted by atomic mass is 32.1. The third-order valence-corrected chi connectivity index (χ3v) is 5.03. The molecule has 0 spiro atoms. The SMILES string of the molecule is CC(C)Oc1nccnc1NCC(c1cccs1)N1CCOC(C)C1. The lowest BCUT2D eigenvalue weighted by Crippen LogP contribution is -2.44. The van der Waals surface area contributed by atoms with Crippen molar-refractivity contribution in [2.75, 3.05) is 31.6 Å². The molecule has 2 unspecified atom stereocenters. The number of aromatic nitrogens is 2. The number of nitrogens with zero attached hydrogens (tertiary/aromatic N) is 3. The summed E-state index contributed by atoms with van der Waals surface area (Å²) in [4.78, 5) is 12.5. The molecule has 1 fully saturated rings. The quantitative estimate of drug-likeness (QED) is 0.816. The molecule has 2 atom stereocenters. The van der Waals surface area contributed by atoms with Crippen molar-refractivity contribution in [2.45, 2.75) is 39.0 Å². The normalized spacial score (nSPS) is 19.8. The molecule has 2 aromatic heterocycles. The van der Waals surface area contributed by atoms with Crippen molar-refractivity contribution in [1.29, 1.82) is 0 Å². The van der Waals surface area contributed by atoms with Crippen LogP contribution in [0.4, 0.5) is 5.82 Å².